The quantitative estimate of drug-likeness (QED) is 0.538. The molecule has 0 spiro atoms. The number of nitrogens with zero attached hydrogens (tertiary/aromatic N) is 2. The highest BCUT2D eigenvalue weighted by atomic mass is 35.5. The van der Waals surface area contributed by atoms with Crippen molar-refractivity contribution in [1.29, 1.82) is 5.26 Å². The van der Waals surface area contributed by atoms with Gasteiger partial charge in [-0.1, -0.05) is 23.2 Å². The smallest absolute Gasteiger partial charge is 0.398 e. The molecule has 5 nitrogen and oxygen atoms in total. The third-order valence-corrected chi connectivity index (χ3v) is 6.99. The number of nitrogens with one attached hydrogen (secondary N) is 1. The monoisotopic (exact) mass is 514 g/mol. The van der Waals surface area contributed by atoms with Crippen molar-refractivity contribution in [2.75, 3.05) is 0 Å². The molecule has 0 fully saturated rings. The average Bonchev–Trinajstić information content (AvgIpc) is 3.18. The van der Waals surface area contributed by atoms with Crippen LogP contribution >= 0.6 is 23.2 Å². The van der Waals surface area contributed by atoms with Crippen molar-refractivity contribution in [3.8, 4) is 6.07 Å². The second-order valence-corrected chi connectivity index (χ2v) is 9.15. The van der Waals surface area contributed by atoms with Gasteiger partial charge in [0.1, 0.15) is 9.77 Å². The van der Waals surface area contributed by atoms with Crippen LogP contribution in [0.1, 0.15) is 17.5 Å². The van der Waals surface area contributed by atoms with E-state index in [1.807, 2.05) is 0 Å². The highest BCUT2D eigenvalue weighted by Crippen LogP contribution is 2.51. The van der Waals surface area contributed by atoms with Crippen LogP contribution in [0, 0.1) is 11.3 Å². The van der Waals surface area contributed by atoms with E-state index in [0.717, 1.165) is 6.08 Å². The summed E-state index contributed by atoms with van der Waals surface area (Å²) in [6.45, 7) is 0. The van der Waals surface area contributed by atoms with Crippen LogP contribution in [0.5, 0.6) is 0 Å². The molecule has 2 unspecified atom stereocenters. The number of aromatic amines is 1. The summed E-state index contributed by atoms with van der Waals surface area (Å²) < 4.78 is 91.4. The summed E-state index contributed by atoms with van der Waals surface area (Å²) in [4.78, 5) is 0. The van der Waals surface area contributed by atoms with Gasteiger partial charge in [-0.05, 0) is 24.3 Å². The Morgan fingerprint density at radius 3 is 2.19 bits per heavy atom. The molecule has 1 aromatic heterocycles. The molecule has 1 aromatic carbocycles. The normalized spacial score (nSPS) is 20.7. The molecule has 2 aromatic rings. The van der Waals surface area contributed by atoms with E-state index in [9.17, 15) is 35.8 Å². The number of nitrogens with two attached hydrogens (primary N) is 1. The molecule has 2 atom stereocenters. The minimum atomic E-state index is -5.01. The van der Waals surface area contributed by atoms with Gasteiger partial charge in [-0.3, -0.25) is 9.31 Å². The number of benzene rings is 1. The Kier molecular flexibility index (Phi) is 6.14. The Morgan fingerprint density at radius 2 is 1.75 bits per heavy atom. The van der Waals surface area contributed by atoms with E-state index in [1.165, 1.54) is 18.3 Å². The van der Waals surface area contributed by atoms with Gasteiger partial charge in [-0.2, -0.15) is 36.7 Å². The Labute approximate surface area is 188 Å². The standard InChI is InChI=1S/C18H10Cl2F6N4OS/c19-10-3-9(17(21,22)23)4-11(20)15(10)16(32(31)13-1-2-29-30-13)5-8(7-27)14(12(28)6-16)18(24,25)26/h1-4,6H,5,28H2,(H,29,30). The molecule has 0 amide bonds. The fourth-order valence-electron chi connectivity index (χ4n) is 3.39. The second kappa shape index (κ2) is 8.13. The van der Waals surface area contributed by atoms with E-state index in [1.54, 1.807) is 0 Å². The Morgan fingerprint density at radius 1 is 1.16 bits per heavy atom. The van der Waals surface area contributed by atoms with Crippen molar-refractivity contribution in [3.05, 3.63) is 68.5 Å². The van der Waals surface area contributed by atoms with Gasteiger partial charge >= 0.3 is 12.4 Å². The lowest BCUT2D eigenvalue weighted by molar-refractivity contribution is -0.137. The van der Waals surface area contributed by atoms with Crippen molar-refractivity contribution < 1.29 is 30.6 Å². The SMILES string of the molecule is N#CC1=C(C(F)(F)F)C(N)=CC(c2c(Cl)cc(C(F)(F)F)cc2Cl)(S(=O)c2ccn[nH]2)C1. The van der Waals surface area contributed by atoms with Gasteiger partial charge in [0.15, 0.2) is 0 Å². The van der Waals surface area contributed by atoms with Crippen LogP contribution in [0.25, 0.3) is 0 Å². The molecule has 0 aliphatic heterocycles. The van der Waals surface area contributed by atoms with Crippen LogP contribution in [-0.4, -0.2) is 20.6 Å². The molecule has 170 valence electrons. The Bertz CT molecular complexity index is 1170. The number of rotatable bonds is 3. The van der Waals surface area contributed by atoms with Crippen LogP contribution < -0.4 is 5.73 Å². The number of hydrogen-bond acceptors (Lipinski definition) is 4. The molecule has 0 saturated heterocycles. The highest BCUT2D eigenvalue weighted by Gasteiger charge is 2.50. The molecular weight excluding hydrogens is 505 g/mol. The van der Waals surface area contributed by atoms with Gasteiger partial charge in [0, 0.05) is 39.5 Å². The van der Waals surface area contributed by atoms with Gasteiger partial charge in [0.25, 0.3) is 0 Å². The average molecular weight is 515 g/mol. The van der Waals surface area contributed by atoms with Crippen LogP contribution in [-0.2, 0) is 21.7 Å². The third kappa shape index (κ3) is 4.12. The van der Waals surface area contributed by atoms with Crippen molar-refractivity contribution in [1.82, 2.24) is 10.2 Å². The first-order chi connectivity index (χ1) is 14.7. The van der Waals surface area contributed by atoms with Gasteiger partial charge in [-0.25, -0.2) is 0 Å². The molecular formula is C18H10Cl2F6N4OS. The first-order valence-corrected chi connectivity index (χ1v) is 10.3. The van der Waals surface area contributed by atoms with Gasteiger partial charge < -0.3 is 5.73 Å². The lowest BCUT2D eigenvalue weighted by atomic mass is 9.82. The summed E-state index contributed by atoms with van der Waals surface area (Å²) in [5.41, 5.74) is 0.785. The van der Waals surface area contributed by atoms with E-state index in [0.29, 0.717) is 12.1 Å². The lowest BCUT2D eigenvalue weighted by Crippen LogP contribution is -2.37. The maximum atomic E-state index is 13.5. The van der Waals surface area contributed by atoms with Gasteiger partial charge in [0.05, 0.1) is 28.0 Å². The summed E-state index contributed by atoms with van der Waals surface area (Å²) >= 11 is 12.2. The molecule has 0 radical (unpaired) electrons. The number of hydrogen-bond donors (Lipinski definition) is 2. The maximum absolute atomic E-state index is 13.5. The number of allylic oxidation sites excluding steroid dienone is 2. The molecule has 0 saturated carbocycles. The van der Waals surface area contributed by atoms with Crippen molar-refractivity contribution >= 4 is 34.0 Å². The molecule has 14 heteroatoms. The zero-order chi connectivity index (χ0) is 24.1. The van der Waals surface area contributed by atoms with Crippen LogP contribution in [0.2, 0.25) is 10.0 Å². The summed E-state index contributed by atoms with van der Waals surface area (Å²) in [5.74, 6) is 0. The van der Waals surface area contributed by atoms with E-state index >= 15 is 0 Å². The second-order valence-electron chi connectivity index (χ2n) is 6.63. The van der Waals surface area contributed by atoms with Crippen LogP contribution in [0.4, 0.5) is 26.3 Å². The predicted molar refractivity (Wildman–Crippen MR) is 104 cm³/mol. The lowest BCUT2D eigenvalue weighted by Gasteiger charge is -2.36. The molecule has 32 heavy (non-hydrogen) atoms. The number of alkyl halides is 6. The van der Waals surface area contributed by atoms with E-state index in [2.05, 4.69) is 10.2 Å². The number of aromatic nitrogens is 2. The van der Waals surface area contributed by atoms with E-state index < -0.39 is 66.8 Å². The topological polar surface area (TPSA) is 95.6 Å². The zero-order valence-electron chi connectivity index (χ0n) is 15.4. The minimum absolute atomic E-state index is 0.103. The number of nitriles is 1. The van der Waals surface area contributed by atoms with Crippen molar-refractivity contribution in [2.24, 2.45) is 5.73 Å². The number of halogens is 8. The summed E-state index contributed by atoms with van der Waals surface area (Å²) in [6, 6.07) is 3.66. The number of H-pyrrole nitrogens is 1. The third-order valence-electron chi connectivity index (χ3n) is 4.64. The van der Waals surface area contributed by atoms with Gasteiger partial charge in [-0.15, -0.1) is 0 Å². The minimum Gasteiger partial charge on any atom is -0.398 e. The van der Waals surface area contributed by atoms with Gasteiger partial charge in [0.2, 0.25) is 0 Å². The molecule has 3 N–H and O–H groups in total. The Balaban J connectivity index is 2.36. The molecule has 1 aliphatic rings. The predicted octanol–water partition coefficient (Wildman–Crippen LogP) is 5.37. The van der Waals surface area contributed by atoms with Crippen LogP contribution in [0.3, 0.4) is 0 Å². The fraction of sp³-hybridized carbons (Fsp3) is 0.222. The fourth-order valence-corrected chi connectivity index (χ4v) is 5.95. The van der Waals surface area contributed by atoms with Crippen molar-refractivity contribution in [2.45, 2.75) is 28.5 Å². The largest absolute Gasteiger partial charge is 0.419 e. The van der Waals surface area contributed by atoms with Crippen LogP contribution in [0.15, 0.2) is 52.3 Å². The molecule has 3 rings (SSSR count). The molecule has 0 bridgehead atoms. The summed E-state index contributed by atoms with van der Waals surface area (Å²) in [5, 5.41) is 14.1. The van der Waals surface area contributed by atoms with E-state index in [-0.39, 0.29) is 10.6 Å². The first-order valence-electron chi connectivity index (χ1n) is 8.39. The summed E-state index contributed by atoms with van der Waals surface area (Å²) in [6.07, 6.45) is -8.73. The van der Waals surface area contributed by atoms with Crippen molar-refractivity contribution in [3.63, 3.8) is 0 Å². The first kappa shape index (κ1) is 24.2. The van der Waals surface area contributed by atoms with E-state index in [4.69, 9.17) is 28.9 Å². The molecule has 1 aliphatic carbocycles. The highest BCUT2D eigenvalue weighted by molar-refractivity contribution is 7.86. The summed E-state index contributed by atoms with van der Waals surface area (Å²) in [7, 11) is -2.36. The maximum Gasteiger partial charge on any atom is 0.419 e. The zero-order valence-corrected chi connectivity index (χ0v) is 17.7. The molecule has 1 heterocycles. The Hall–Kier alpha value is -2.49.